The number of likely N-dealkylation sites (N-methyl/N-ethyl adjacent to an activating group) is 1. The number of hydrogen-bond donors (Lipinski definition) is 2. The van der Waals surface area contributed by atoms with Crippen molar-refractivity contribution in [3.05, 3.63) is 0 Å². The molecular formula is C11H24N2O2. The van der Waals surface area contributed by atoms with Crippen molar-refractivity contribution in [2.45, 2.75) is 39.7 Å². The Hall–Kier alpha value is -0.610. The van der Waals surface area contributed by atoms with Gasteiger partial charge < -0.3 is 10.4 Å². The van der Waals surface area contributed by atoms with Crippen LogP contribution in [0.2, 0.25) is 0 Å². The van der Waals surface area contributed by atoms with Crippen LogP contribution in [0.5, 0.6) is 0 Å². The third-order valence-corrected chi connectivity index (χ3v) is 2.46. The first-order valence-electron chi connectivity index (χ1n) is 5.79. The first kappa shape index (κ1) is 14.4. The summed E-state index contributed by atoms with van der Waals surface area (Å²) in [5.74, 6) is 0.0436. The van der Waals surface area contributed by atoms with Crippen molar-refractivity contribution in [3.8, 4) is 0 Å². The summed E-state index contributed by atoms with van der Waals surface area (Å²) in [6.45, 7) is 8.11. The minimum absolute atomic E-state index is 0.0436. The van der Waals surface area contributed by atoms with Crippen molar-refractivity contribution in [1.82, 2.24) is 10.2 Å². The lowest BCUT2D eigenvalue weighted by molar-refractivity contribution is -0.126. The zero-order valence-corrected chi connectivity index (χ0v) is 10.1. The summed E-state index contributed by atoms with van der Waals surface area (Å²) in [5.41, 5.74) is 0. The number of carbonyl (C=O) groups is 1. The molecule has 1 atom stereocenters. The van der Waals surface area contributed by atoms with Crippen LogP contribution in [0, 0.1) is 0 Å². The SMILES string of the molecule is CCCCN(CCO)C(C)C(=O)NCC. The highest BCUT2D eigenvalue weighted by molar-refractivity contribution is 5.81. The Balaban J connectivity index is 4.13. The molecule has 1 amide bonds. The van der Waals surface area contributed by atoms with Crippen molar-refractivity contribution >= 4 is 5.91 Å². The van der Waals surface area contributed by atoms with Crippen LogP contribution in [-0.4, -0.2) is 48.2 Å². The lowest BCUT2D eigenvalue weighted by Crippen LogP contribution is -2.46. The summed E-state index contributed by atoms with van der Waals surface area (Å²) in [7, 11) is 0. The Kier molecular flexibility index (Phi) is 8.33. The van der Waals surface area contributed by atoms with E-state index in [2.05, 4.69) is 12.2 Å². The summed E-state index contributed by atoms with van der Waals surface area (Å²) < 4.78 is 0. The Bertz CT molecular complexity index is 174. The van der Waals surface area contributed by atoms with Crippen LogP contribution in [0.3, 0.4) is 0 Å². The number of amides is 1. The van der Waals surface area contributed by atoms with Gasteiger partial charge in [0.15, 0.2) is 0 Å². The predicted octanol–water partition coefficient (Wildman–Crippen LogP) is 0.605. The van der Waals surface area contributed by atoms with Crippen LogP contribution in [0.4, 0.5) is 0 Å². The normalized spacial score (nSPS) is 12.9. The molecule has 0 radical (unpaired) electrons. The molecule has 0 spiro atoms. The number of hydrogen-bond acceptors (Lipinski definition) is 3. The molecule has 0 bridgehead atoms. The fraction of sp³-hybridized carbons (Fsp3) is 0.909. The van der Waals surface area contributed by atoms with Gasteiger partial charge in [0.25, 0.3) is 0 Å². The molecular weight excluding hydrogens is 192 g/mol. The number of nitrogens with one attached hydrogen (secondary N) is 1. The molecule has 0 aliphatic carbocycles. The summed E-state index contributed by atoms with van der Waals surface area (Å²) >= 11 is 0. The summed E-state index contributed by atoms with van der Waals surface area (Å²) in [6.07, 6.45) is 2.16. The van der Waals surface area contributed by atoms with E-state index in [1.807, 2.05) is 18.7 Å². The van der Waals surface area contributed by atoms with Crippen molar-refractivity contribution in [1.29, 1.82) is 0 Å². The zero-order chi connectivity index (χ0) is 11.7. The second kappa shape index (κ2) is 8.68. The van der Waals surface area contributed by atoms with Gasteiger partial charge in [0.05, 0.1) is 12.6 Å². The van der Waals surface area contributed by atoms with E-state index in [0.717, 1.165) is 19.4 Å². The molecule has 0 rings (SSSR count). The third-order valence-electron chi connectivity index (χ3n) is 2.46. The fourth-order valence-electron chi connectivity index (χ4n) is 1.48. The van der Waals surface area contributed by atoms with E-state index in [4.69, 9.17) is 5.11 Å². The first-order chi connectivity index (χ1) is 7.17. The van der Waals surface area contributed by atoms with Crippen LogP contribution in [0.25, 0.3) is 0 Å². The quantitative estimate of drug-likeness (QED) is 0.625. The maximum absolute atomic E-state index is 11.6. The summed E-state index contributed by atoms with van der Waals surface area (Å²) in [4.78, 5) is 13.6. The van der Waals surface area contributed by atoms with Gasteiger partial charge in [-0.1, -0.05) is 13.3 Å². The van der Waals surface area contributed by atoms with Crippen LogP contribution in [-0.2, 0) is 4.79 Å². The molecule has 0 aromatic rings. The van der Waals surface area contributed by atoms with Gasteiger partial charge in [-0.2, -0.15) is 0 Å². The second-order valence-corrected chi connectivity index (χ2v) is 3.68. The summed E-state index contributed by atoms with van der Waals surface area (Å²) in [5, 5.41) is 11.7. The smallest absolute Gasteiger partial charge is 0.237 e. The van der Waals surface area contributed by atoms with Gasteiger partial charge >= 0.3 is 0 Å². The van der Waals surface area contributed by atoms with Crippen LogP contribution in [0.15, 0.2) is 0 Å². The predicted molar refractivity (Wildman–Crippen MR) is 61.7 cm³/mol. The third kappa shape index (κ3) is 5.74. The highest BCUT2D eigenvalue weighted by Crippen LogP contribution is 2.02. The molecule has 0 fully saturated rings. The van der Waals surface area contributed by atoms with Gasteiger partial charge in [-0.3, -0.25) is 9.69 Å². The van der Waals surface area contributed by atoms with Gasteiger partial charge in [0, 0.05) is 13.1 Å². The average molecular weight is 216 g/mol. The minimum atomic E-state index is -0.149. The molecule has 1 unspecified atom stereocenters. The molecule has 0 saturated heterocycles. The topological polar surface area (TPSA) is 52.6 Å². The Labute approximate surface area is 92.7 Å². The Morgan fingerprint density at radius 3 is 2.53 bits per heavy atom. The number of nitrogens with zero attached hydrogens (tertiary/aromatic N) is 1. The number of aliphatic hydroxyl groups is 1. The van der Waals surface area contributed by atoms with Gasteiger partial charge in [-0.25, -0.2) is 0 Å². The molecule has 15 heavy (non-hydrogen) atoms. The van der Waals surface area contributed by atoms with Crippen molar-refractivity contribution in [2.24, 2.45) is 0 Å². The van der Waals surface area contributed by atoms with E-state index >= 15 is 0 Å². The van der Waals surface area contributed by atoms with Crippen molar-refractivity contribution < 1.29 is 9.90 Å². The molecule has 0 saturated carbocycles. The lowest BCUT2D eigenvalue weighted by atomic mass is 10.2. The first-order valence-corrected chi connectivity index (χ1v) is 5.79. The second-order valence-electron chi connectivity index (χ2n) is 3.68. The van der Waals surface area contributed by atoms with Crippen LogP contribution < -0.4 is 5.32 Å². The van der Waals surface area contributed by atoms with Crippen molar-refractivity contribution in [2.75, 3.05) is 26.2 Å². The van der Waals surface area contributed by atoms with E-state index in [9.17, 15) is 4.79 Å². The monoisotopic (exact) mass is 216 g/mol. The standard InChI is InChI=1S/C11H24N2O2/c1-4-6-7-13(8-9-14)10(3)11(15)12-5-2/h10,14H,4-9H2,1-3H3,(H,12,15). The molecule has 4 heteroatoms. The number of carbonyl (C=O) groups excluding carboxylic acids is 1. The number of unbranched alkanes of at least 4 members (excludes halogenated alkanes) is 1. The molecule has 0 aliphatic rings. The van der Waals surface area contributed by atoms with Crippen LogP contribution >= 0.6 is 0 Å². The molecule has 0 aliphatic heterocycles. The maximum atomic E-state index is 11.6. The maximum Gasteiger partial charge on any atom is 0.237 e. The number of aliphatic hydroxyl groups excluding tert-OH is 1. The number of rotatable bonds is 8. The van der Waals surface area contributed by atoms with E-state index in [1.54, 1.807) is 0 Å². The van der Waals surface area contributed by atoms with Gasteiger partial charge in [-0.05, 0) is 26.8 Å². The Morgan fingerprint density at radius 2 is 2.07 bits per heavy atom. The summed E-state index contributed by atoms with van der Waals surface area (Å²) in [6, 6.07) is -0.149. The van der Waals surface area contributed by atoms with Gasteiger partial charge in [0.1, 0.15) is 0 Å². The van der Waals surface area contributed by atoms with Gasteiger partial charge in [-0.15, -0.1) is 0 Å². The molecule has 4 nitrogen and oxygen atoms in total. The van der Waals surface area contributed by atoms with E-state index in [-0.39, 0.29) is 18.6 Å². The van der Waals surface area contributed by atoms with Crippen molar-refractivity contribution in [3.63, 3.8) is 0 Å². The molecule has 0 aromatic carbocycles. The highest BCUT2D eigenvalue weighted by atomic mass is 16.3. The van der Waals surface area contributed by atoms with Crippen LogP contribution in [0.1, 0.15) is 33.6 Å². The Morgan fingerprint density at radius 1 is 1.40 bits per heavy atom. The van der Waals surface area contributed by atoms with E-state index in [0.29, 0.717) is 13.1 Å². The minimum Gasteiger partial charge on any atom is -0.395 e. The molecule has 0 aromatic heterocycles. The fourth-order valence-corrected chi connectivity index (χ4v) is 1.48. The molecule has 90 valence electrons. The highest BCUT2D eigenvalue weighted by Gasteiger charge is 2.19. The van der Waals surface area contributed by atoms with E-state index in [1.165, 1.54) is 0 Å². The lowest BCUT2D eigenvalue weighted by Gasteiger charge is -2.27. The van der Waals surface area contributed by atoms with E-state index < -0.39 is 0 Å². The molecule has 2 N–H and O–H groups in total. The molecule has 0 heterocycles. The van der Waals surface area contributed by atoms with Gasteiger partial charge in [0.2, 0.25) is 5.91 Å². The average Bonchev–Trinajstić information content (AvgIpc) is 2.23. The zero-order valence-electron chi connectivity index (χ0n) is 10.1. The largest absolute Gasteiger partial charge is 0.395 e.